The Labute approximate surface area is 191 Å². The fourth-order valence-corrected chi connectivity index (χ4v) is 4.59. The van der Waals surface area contributed by atoms with E-state index in [0.717, 1.165) is 16.0 Å². The molecule has 0 aromatic heterocycles. The lowest BCUT2D eigenvalue weighted by atomic mass is 9.95. The van der Waals surface area contributed by atoms with Gasteiger partial charge in [-0.05, 0) is 67.6 Å². The van der Waals surface area contributed by atoms with Gasteiger partial charge in [-0.1, -0.05) is 18.2 Å². The summed E-state index contributed by atoms with van der Waals surface area (Å²) in [5.74, 6) is -0.0653. The van der Waals surface area contributed by atoms with Gasteiger partial charge in [0.25, 0.3) is 5.91 Å². The summed E-state index contributed by atoms with van der Waals surface area (Å²) in [6, 6.07) is 15.7. The third-order valence-electron chi connectivity index (χ3n) is 5.55. The van der Waals surface area contributed by atoms with Gasteiger partial charge in [0, 0.05) is 28.0 Å². The van der Waals surface area contributed by atoms with Crippen molar-refractivity contribution in [1.82, 2.24) is 5.32 Å². The summed E-state index contributed by atoms with van der Waals surface area (Å²) in [7, 11) is 0. The zero-order valence-corrected chi connectivity index (χ0v) is 19.0. The van der Waals surface area contributed by atoms with Gasteiger partial charge in [0.1, 0.15) is 17.7 Å². The Morgan fingerprint density at radius 1 is 1.12 bits per heavy atom. The molecule has 0 fully saturated rings. The van der Waals surface area contributed by atoms with Crippen LogP contribution in [0.5, 0.6) is 5.75 Å². The van der Waals surface area contributed by atoms with Crippen LogP contribution in [0.3, 0.4) is 0 Å². The van der Waals surface area contributed by atoms with E-state index >= 15 is 0 Å². The van der Waals surface area contributed by atoms with Crippen LogP contribution in [0.4, 0.5) is 4.39 Å². The second kappa shape index (κ2) is 9.17. The Kier molecular flexibility index (Phi) is 6.33. The molecule has 164 valence electrons. The zero-order chi connectivity index (χ0) is 22.8. The minimum absolute atomic E-state index is 0.123. The molecule has 4 nitrogen and oxygen atoms in total. The average molecular weight is 450 g/mol. The lowest BCUT2D eigenvalue weighted by Crippen LogP contribution is -2.34. The summed E-state index contributed by atoms with van der Waals surface area (Å²) in [4.78, 5) is 25.4. The first kappa shape index (κ1) is 22.1. The SMILES string of the molecule is CSc1ccccc1C(=O)NC[C@H]1Cc2cc(C)cc(-c3cc(C(C)=O)ccc3F)c2O1. The monoisotopic (exact) mass is 449 g/mol. The van der Waals surface area contributed by atoms with Crippen LogP contribution < -0.4 is 10.1 Å². The molecule has 0 bridgehead atoms. The van der Waals surface area contributed by atoms with Gasteiger partial charge in [0.15, 0.2) is 5.78 Å². The molecule has 1 aliphatic rings. The van der Waals surface area contributed by atoms with E-state index in [1.54, 1.807) is 12.1 Å². The second-order valence-electron chi connectivity index (χ2n) is 7.91. The Balaban J connectivity index is 1.56. The summed E-state index contributed by atoms with van der Waals surface area (Å²) in [6.07, 6.45) is 2.30. The second-order valence-corrected chi connectivity index (χ2v) is 8.75. The van der Waals surface area contributed by atoms with Gasteiger partial charge in [-0.2, -0.15) is 0 Å². The molecule has 1 amide bonds. The quantitative estimate of drug-likeness (QED) is 0.401. The Bertz CT molecular complexity index is 1210. The molecule has 32 heavy (non-hydrogen) atoms. The predicted molar refractivity (Wildman–Crippen MR) is 125 cm³/mol. The lowest BCUT2D eigenvalue weighted by Gasteiger charge is -2.15. The molecule has 0 aliphatic carbocycles. The van der Waals surface area contributed by atoms with E-state index in [9.17, 15) is 14.0 Å². The number of halogens is 1. The molecule has 1 heterocycles. The third kappa shape index (κ3) is 4.41. The number of ether oxygens (including phenoxy) is 1. The molecular weight excluding hydrogens is 425 g/mol. The minimum Gasteiger partial charge on any atom is -0.487 e. The Morgan fingerprint density at radius 2 is 1.91 bits per heavy atom. The number of Topliss-reactive ketones (excluding diaryl/α,β-unsaturated/α-hetero) is 1. The van der Waals surface area contributed by atoms with E-state index in [1.807, 2.05) is 43.5 Å². The number of carbonyl (C=O) groups is 2. The molecular formula is C26H24FNO3S. The molecule has 1 N–H and O–H groups in total. The van der Waals surface area contributed by atoms with Crippen LogP contribution >= 0.6 is 11.8 Å². The first-order valence-corrected chi connectivity index (χ1v) is 11.6. The smallest absolute Gasteiger partial charge is 0.252 e. The topological polar surface area (TPSA) is 55.4 Å². The van der Waals surface area contributed by atoms with Crippen molar-refractivity contribution < 1.29 is 18.7 Å². The number of amides is 1. The number of nitrogens with one attached hydrogen (secondary N) is 1. The molecule has 0 unspecified atom stereocenters. The fraction of sp³-hybridized carbons (Fsp3) is 0.231. The van der Waals surface area contributed by atoms with Crippen LogP contribution in [0.25, 0.3) is 11.1 Å². The number of ketones is 1. The molecule has 3 aromatic rings. The highest BCUT2D eigenvalue weighted by molar-refractivity contribution is 7.98. The van der Waals surface area contributed by atoms with Gasteiger partial charge < -0.3 is 10.1 Å². The standard InChI is InChI=1S/C26H24FNO3S/c1-15-10-18-12-19(14-28-26(30)20-6-4-5-7-24(20)32-3)31-25(18)22(11-15)21-13-17(16(2)29)8-9-23(21)27/h4-11,13,19H,12,14H2,1-3H3,(H,28,30)/t19-/m1/s1. The highest BCUT2D eigenvalue weighted by atomic mass is 32.2. The van der Waals surface area contributed by atoms with Crippen molar-refractivity contribution >= 4 is 23.5 Å². The molecule has 0 saturated carbocycles. The van der Waals surface area contributed by atoms with Crippen molar-refractivity contribution in [1.29, 1.82) is 0 Å². The van der Waals surface area contributed by atoms with Crippen LogP contribution in [-0.4, -0.2) is 30.6 Å². The number of benzene rings is 3. The number of thioether (sulfide) groups is 1. The molecule has 0 radical (unpaired) electrons. The summed E-state index contributed by atoms with van der Waals surface area (Å²) >= 11 is 1.53. The number of carbonyl (C=O) groups excluding carboxylic acids is 2. The Hall–Kier alpha value is -3.12. The van der Waals surface area contributed by atoms with Crippen molar-refractivity contribution in [3.05, 3.63) is 82.7 Å². The van der Waals surface area contributed by atoms with Crippen LogP contribution in [0.15, 0.2) is 59.5 Å². The van der Waals surface area contributed by atoms with Crippen LogP contribution in [-0.2, 0) is 6.42 Å². The highest BCUT2D eigenvalue weighted by Gasteiger charge is 2.28. The highest BCUT2D eigenvalue weighted by Crippen LogP contribution is 2.41. The van der Waals surface area contributed by atoms with Gasteiger partial charge >= 0.3 is 0 Å². The van der Waals surface area contributed by atoms with Crippen LogP contribution in [0, 0.1) is 12.7 Å². The summed E-state index contributed by atoms with van der Waals surface area (Å²) in [6.45, 7) is 3.75. The summed E-state index contributed by atoms with van der Waals surface area (Å²) in [5.41, 5.74) is 4.00. The van der Waals surface area contributed by atoms with Gasteiger partial charge in [0.05, 0.1) is 12.1 Å². The number of rotatable bonds is 6. The van der Waals surface area contributed by atoms with Crippen molar-refractivity contribution in [2.45, 2.75) is 31.3 Å². The van der Waals surface area contributed by atoms with Crippen molar-refractivity contribution in [3.63, 3.8) is 0 Å². The molecule has 1 aliphatic heterocycles. The number of hydrogen-bond donors (Lipinski definition) is 1. The van der Waals surface area contributed by atoms with Crippen LogP contribution in [0.1, 0.15) is 38.8 Å². The van der Waals surface area contributed by atoms with E-state index in [1.165, 1.54) is 30.8 Å². The normalized spacial score (nSPS) is 14.6. The van der Waals surface area contributed by atoms with E-state index in [2.05, 4.69) is 5.32 Å². The van der Waals surface area contributed by atoms with Gasteiger partial charge in [-0.3, -0.25) is 9.59 Å². The van der Waals surface area contributed by atoms with Gasteiger partial charge in [0.2, 0.25) is 0 Å². The van der Waals surface area contributed by atoms with E-state index < -0.39 is 5.82 Å². The first-order valence-electron chi connectivity index (χ1n) is 10.4. The first-order chi connectivity index (χ1) is 15.4. The molecule has 0 spiro atoms. The zero-order valence-electron chi connectivity index (χ0n) is 18.2. The number of hydrogen-bond acceptors (Lipinski definition) is 4. The minimum atomic E-state index is -0.406. The van der Waals surface area contributed by atoms with Crippen molar-refractivity contribution in [2.75, 3.05) is 12.8 Å². The number of fused-ring (bicyclic) bond motifs is 1. The molecule has 0 saturated heterocycles. The lowest BCUT2D eigenvalue weighted by molar-refractivity contribution is 0.0930. The van der Waals surface area contributed by atoms with E-state index in [-0.39, 0.29) is 17.8 Å². The largest absolute Gasteiger partial charge is 0.487 e. The maximum absolute atomic E-state index is 14.7. The van der Waals surface area contributed by atoms with E-state index in [0.29, 0.717) is 41.0 Å². The molecule has 1 atom stereocenters. The predicted octanol–water partition coefficient (Wildman–Crippen LogP) is 5.46. The average Bonchev–Trinajstić information content (AvgIpc) is 3.19. The molecule has 6 heteroatoms. The van der Waals surface area contributed by atoms with Gasteiger partial charge in [-0.15, -0.1) is 11.8 Å². The van der Waals surface area contributed by atoms with Crippen molar-refractivity contribution in [3.8, 4) is 16.9 Å². The Morgan fingerprint density at radius 3 is 2.66 bits per heavy atom. The third-order valence-corrected chi connectivity index (χ3v) is 6.34. The maximum Gasteiger partial charge on any atom is 0.252 e. The van der Waals surface area contributed by atoms with E-state index in [4.69, 9.17) is 4.74 Å². The number of aryl methyl sites for hydroxylation is 1. The molecule has 4 rings (SSSR count). The summed E-state index contributed by atoms with van der Waals surface area (Å²) in [5, 5.41) is 2.96. The van der Waals surface area contributed by atoms with Crippen molar-refractivity contribution in [2.24, 2.45) is 0 Å². The van der Waals surface area contributed by atoms with Gasteiger partial charge in [-0.25, -0.2) is 4.39 Å². The fourth-order valence-electron chi connectivity index (χ4n) is 3.99. The summed E-state index contributed by atoms with van der Waals surface area (Å²) < 4.78 is 20.9. The van der Waals surface area contributed by atoms with Crippen LogP contribution in [0.2, 0.25) is 0 Å². The molecule has 3 aromatic carbocycles. The maximum atomic E-state index is 14.7.